The Morgan fingerprint density at radius 1 is 1.05 bits per heavy atom. The molecule has 0 unspecified atom stereocenters. The number of nitrogens with one attached hydrogen (secondary N) is 1. The van der Waals surface area contributed by atoms with Crippen LogP contribution in [0.2, 0.25) is 0 Å². The van der Waals surface area contributed by atoms with Crippen LogP contribution < -0.4 is 5.32 Å². The van der Waals surface area contributed by atoms with E-state index in [-0.39, 0.29) is 23.2 Å². The van der Waals surface area contributed by atoms with Crippen molar-refractivity contribution in [2.24, 2.45) is 0 Å². The topological polar surface area (TPSA) is 46.2 Å². The number of amides is 1. The average molecular weight is 307 g/mol. The molecule has 2 aromatic carbocycles. The lowest BCUT2D eigenvalue weighted by molar-refractivity contribution is -0.137. The third kappa shape index (κ3) is 3.33. The molecule has 0 saturated carbocycles. The maximum Gasteiger partial charge on any atom is 0.417 e. The minimum atomic E-state index is -4.54. The second-order valence-electron chi connectivity index (χ2n) is 4.58. The Bertz CT molecular complexity index is 696. The van der Waals surface area contributed by atoms with Gasteiger partial charge in [0.15, 0.2) is 0 Å². The van der Waals surface area contributed by atoms with Crippen molar-refractivity contribution in [2.75, 3.05) is 0 Å². The second-order valence-corrected chi connectivity index (χ2v) is 4.58. The quantitative estimate of drug-likeness (QED) is 0.860. The lowest BCUT2D eigenvalue weighted by Gasteiger charge is -2.17. The van der Waals surface area contributed by atoms with Gasteiger partial charge in [0.25, 0.3) is 0 Å². The van der Waals surface area contributed by atoms with Gasteiger partial charge in [-0.05, 0) is 28.8 Å². The number of rotatable bonds is 5. The van der Waals surface area contributed by atoms with E-state index in [1.807, 2.05) is 0 Å². The van der Waals surface area contributed by atoms with Gasteiger partial charge >= 0.3 is 6.18 Å². The van der Waals surface area contributed by atoms with Gasteiger partial charge in [-0.3, -0.25) is 9.59 Å². The Morgan fingerprint density at radius 2 is 1.77 bits per heavy atom. The molecule has 0 atom stereocenters. The summed E-state index contributed by atoms with van der Waals surface area (Å²) in [4.78, 5) is 21.3. The summed E-state index contributed by atoms with van der Waals surface area (Å²) in [5.74, 6) is 0. The summed E-state index contributed by atoms with van der Waals surface area (Å²) in [6.45, 7) is -0.0337. The van der Waals surface area contributed by atoms with Gasteiger partial charge < -0.3 is 5.32 Å². The van der Waals surface area contributed by atoms with Gasteiger partial charge in [-0.25, -0.2) is 0 Å². The van der Waals surface area contributed by atoms with Crippen LogP contribution in [0.4, 0.5) is 13.2 Å². The first-order chi connectivity index (χ1) is 10.5. The van der Waals surface area contributed by atoms with E-state index in [0.29, 0.717) is 18.3 Å². The minimum Gasteiger partial charge on any atom is -0.355 e. The molecule has 114 valence electrons. The van der Waals surface area contributed by atoms with E-state index in [2.05, 4.69) is 5.32 Å². The lowest BCUT2D eigenvalue weighted by atomic mass is 9.93. The van der Waals surface area contributed by atoms with Crippen molar-refractivity contribution in [1.29, 1.82) is 0 Å². The number of alkyl halides is 3. The SMILES string of the molecule is O=CNCc1cccc(C(F)(F)F)c1-c1cccc(C=O)c1. The molecule has 1 N–H and O–H groups in total. The molecule has 0 radical (unpaired) electrons. The highest BCUT2D eigenvalue weighted by atomic mass is 19.4. The number of carbonyl (C=O) groups is 2. The summed E-state index contributed by atoms with van der Waals surface area (Å²) in [6.07, 6.45) is -3.54. The summed E-state index contributed by atoms with van der Waals surface area (Å²) in [5, 5.41) is 2.36. The van der Waals surface area contributed by atoms with Crippen molar-refractivity contribution in [3.63, 3.8) is 0 Å². The normalized spacial score (nSPS) is 11.0. The van der Waals surface area contributed by atoms with Crippen LogP contribution in [0.5, 0.6) is 0 Å². The summed E-state index contributed by atoms with van der Waals surface area (Å²) in [7, 11) is 0. The van der Waals surface area contributed by atoms with Crippen molar-refractivity contribution >= 4 is 12.7 Å². The van der Waals surface area contributed by atoms with Gasteiger partial charge in [-0.1, -0.05) is 30.3 Å². The van der Waals surface area contributed by atoms with E-state index < -0.39 is 11.7 Å². The number of carbonyl (C=O) groups excluding carboxylic acids is 2. The van der Waals surface area contributed by atoms with Crippen LogP contribution >= 0.6 is 0 Å². The fraction of sp³-hybridized carbons (Fsp3) is 0.125. The first kappa shape index (κ1) is 15.8. The van der Waals surface area contributed by atoms with E-state index in [1.165, 1.54) is 36.4 Å². The maximum atomic E-state index is 13.3. The van der Waals surface area contributed by atoms with Gasteiger partial charge in [0.2, 0.25) is 6.41 Å². The van der Waals surface area contributed by atoms with Crippen LogP contribution in [0.1, 0.15) is 21.5 Å². The molecule has 2 aromatic rings. The van der Waals surface area contributed by atoms with Gasteiger partial charge in [-0.2, -0.15) is 13.2 Å². The number of benzene rings is 2. The highest BCUT2D eigenvalue weighted by Crippen LogP contribution is 2.39. The van der Waals surface area contributed by atoms with E-state index in [1.54, 1.807) is 0 Å². The van der Waals surface area contributed by atoms with Crippen LogP contribution in [0, 0.1) is 0 Å². The smallest absolute Gasteiger partial charge is 0.355 e. The van der Waals surface area contributed by atoms with E-state index in [4.69, 9.17) is 0 Å². The molecule has 0 bridgehead atoms. The van der Waals surface area contributed by atoms with Crippen molar-refractivity contribution in [3.8, 4) is 11.1 Å². The molecular formula is C16H12F3NO2. The third-order valence-electron chi connectivity index (χ3n) is 3.14. The highest BCUT2D eigenvalue weighted by Gasteiger charge is 2.34. The predicted octanol–water partition coefficient (Wildman–Crippen LogP) is 3.43. The van der Waals surface area contributed by atoms with Crippen LogP contribution in [0.3, 0.4) is 0 Å². The Balaban J connectivity index is 2.67. The molecule has 3 nitrogen and oxygen atoms in total. The second kappa shape index (κ2) is 6.43. The largest absolute Gasteiger partial charge is 0.417 e. The number of aldehydes is 1. The number of hydrogen-bond donors (Lipinski definition) is 1. The summed E-state index contributed by atoms with van der Waals surface area (Å²) in [5.41, 5.74) is 0.0442. The van der Waals surface area contributed by atoms with Gasteiger partial charge in [0.05, 0.1) is 5.56 Å². The van der Waals surface area contributed by atoms with Gasteiger partial charge in [0, 0.05) is 12.1 Å². The van der Waals surface area contributed by atoms with E-state index >= 15 is 0 Å². The molecule has 0 heterocycles. The van der Waals surface area contributed by atoms with Crippen molar-refractivity contribution in [1.82, 2.24) is 5.32 Å². The first-order valence-corrected chi connectivity index (χ1v) is 6.39. The summed E-state index contributed by atoms with van der Waals surface area (Å²) < 4.78 is 39.8. The third-order valence-corrected chi connectivity index (χ3v) is 3.14. The number of halogens is 3. The van der Waals surface area contributed by atoms with E-state index in [9.17, 15) is 22.8 Å². The fourth-order valence-electron chi connectivity index (χ4n) is 2.24. The molecule has 2 rings (SSSR count). The maximum absolute atomic E-state index is 13.3. The Kier molecular flexibility index (Phi) is 4.60. The molecular weight excluding hydrogens is 295 g/mol. The van der Waals surface area contributed by atoms with Crippen LogP contribution in [0.15, 0.2) is 42.5 Å². The molecule has 6 heteroatoms. The lowest BCUT2D eigenvalue weighted by Crippen LogP contribution is -2.14. The zero-order valence-corrected chi connectivity index (χ0v) is 11.4. The van der Waals surface area contributed by atoms with Gasteiger partial charge in [-0.15, -0.1) is 0 Å². The summed E-state index contributed by atoms with van der Waals surface area (Å²) in [6, 6.07) is 9.70. The zero-order chi connectivity index (χ0) is 16.2. The molecule has 0 saturated heterocycles. The monoisotopic (exact) mass is 307 g/mol. The van der Waals surface area contributed by atoms with Crippen LogP contribution in [0.25, 0.3) is 11.1 Å². The molecule has 0 spiro atoms. The Morgan fingerprint density at radius 3 is 2.41 bits per heavy atom. The fourth-order valence-corrected chi connectivity index (χ4v) is 2.24. The summed E-state index contributed by atoms with van der Waals surface area (Å²) >= 11 is 0. The minimum absolute atomic E-state index is 0.0337. The van der Waals surface area contributed by atoms with Crippen LogP contribution in [-0.4, -0.2) is 12.7 Å². The molecule has 0 aromatic heterocycles. The molecule has 1 amide bonds. The molecule has 0 aliphatic rings. The predicted molar refractivity (Wildman–Crippen MR) is 75.2 cm³/mol. The van der Waals surface area contributed by atoms with Crippen molar-refractivity contribution < 1.29 is 22.8 Å². The van der Waals surface area contributed by atoms with E-state index in [0.717, 1.165) is 6.07 Å². The molecule has 0 aliphatic heterocycles. The Labute approximate surface area is 124 Å². The number of hydrogen-bond acceptors (Lipinski definition) is 2. The Hall–Kier alpha value is -2.63. The standard InChI is InChI=1S/C16H12F3NO2/c17-16(18,19)14-6-2-5-13(8-20-10-22)15(14)12-4-1-3-11(7-12)9-21/h1-7,9-10H,8H2,(H,20,22). The van der Waals surface area contributed by atoms with Gasteiger partial charge in [0.1, 0.15) is 6.29 Å². The zero-order valence-electron chi connectivity index (χ0n) is 11.4. The average Bonchev–Trinajstić information content (AvgIpc) is 2.51. The molecule has 0 aliphatic carbocycles. The first-order valence-electron chi connectivity index (χ1n) is 6.39. The van der Waals surface area contributed by atoms with Crippen molar-refractivity contribution in [2.45, 2.75) is 12.7 Å². The highest BCUT2D eigenvalue weighted by molar-refractivity contribution is 5.81. The molecule has 22 heavy (non-hydrogen) atoms. The molecule has 0 fully saturated rings. The van der Waals surface area contributed by atoms with Crippen LogP contribution in [-0.2, 0) is 17.5 Å². The van der Waals surface area contributed by atoms with Crippen molar-refractivity contribution in [3.05, 3.63) is 59.2 Å².